The molecule has 17 heavy (non-hydrogen) atoms. The first-order valence-corrected chi connectivity index (χ1v) is 5.05. The standard InChI is InChI=1S/C11H15N3O3/c1-12-10(15)7-13-11(16)14-8-3-5-9(17-2)6-4-8/h3-6H,7H2,1-2H3,(H,12,15)(H2,13,14,16). The molecule has 1 aromatic carbocycles. The normalized spacial score (nSPS) is 9.29. The molecule has 1 rings (SSSR count). The zero-order chi connectivity index (χ0) is 12.7. The van der Waals surface area contributed by atoms with Gasteiger partial charge in [-0.3, -0.25) is 4.79 Å². The molecule has 0 radical (unpaired) electrons. The van der Waals surface area contributed by atoms with Gasteiger partial charge in [0.25, 0.3) is 0 Å². The fraction of sp³-hybridized carbons (Fsp3) is 0.273. The van der Waals surface area contributed by atoms with Gasteiger partial charge < -0.3 is 20.7 Å². The van der Waals surface area contributed by atoms with E-state index in [0.29, 0.717) is 11.4 Å². The SMILES string of the molecule is CNC(=O)CNC(=O)Nc1ccc(OC)cc1. The fourth-order valence-corrected chi connectivity index (χ4v) is 1.10. The Morgan fingerprint density at radius 1 is 1.24 bits per heavy atom. The number of hydrogen-bond acceptors (Lipinski definition) is 3. The highest BCUT2D eigenvalue weighted by molar-refractivity contribution is 5.92. The van der Waals surface area contributed by atoms with Crippen molar-refractivity contribution in [3.05, 3.63) is 24.3 Å². The summed E-state index contributed by atoms with van der Waals surface area (Å²) in [6.45, 7) is -0.0571. The second-order valence-corrected chi connectivity index (χ2v) is 3.21. The molecule has 6 nitrogen and oxygen atoms in total. The van der Waals surface area contributed by atoms with Crippen molar-refractivity contribution in [1.82, 2.24) is 10.6 Å². The van der Waals surface area contributed by atoms with Crippen LogP contribution in [0.4, 0.5) is 10.5 Å². The van der Waals surface area contributed by atoms with Crippen LogP contribution < -0.4 is 20.7 Å². The Balaban J connectivity index is 2.42. The van der Waals surface area contributed by atoms with Crippen molar-refractivity contribution in [3.63, 3.8) is 0 Å². The van der Waals surface area contributed by atoms with E-state index in [0.717, 1.165) is 0 Å². The molecular formula is C11H15N3O3. The van der Waals surface area contributed by atoms with E-state index in [9.17, 15) is 9.59 Å². The molecule has 0 aliphatic carbocycles. The number of anilines is 1. The highest BCUT2D eigenvalue weighted by Crippen LogP contribution is 2.14. The van der Waals surface area contributed by atoms with Crippen molar-refractivity contribution >= 4 is 17.6 Å². The molecule has 92 valence electrons. The maximum atomic E-state index is 11.4. The highest BCUT2D eigenvalue weighted by atomic mass is 16.5. The smallest absolute Gasteiger partial charge is 0.319 e. The molecule has 0 aromatic heterocycles. The van der Waals surface area contributed by atoms with E-state index >= 15 is 0 Å². The average Bonchev–Trinajstić information content (AvgIpc) is 2.36. The van der Waals surface area contributed by atoms with Gasteiger partial charge >= 0.3 is 6.03 Å². The molecule has 0 bridgehead atoms. The second-order valence-electron chi connectivity index (χ2n) is 3.21. The van der Waals surface area contributed by atoms with Gasteiger partial charge in [0.1, 0.15) is 5.75 Å². The third-order valence-corrected chi connectivity index (χ3v) is 2.04. The third kappa shape index (κ3) is 4.42. The Morgan fingerprint density at radius 2 is 1.88 bits per heavy atom. The van der Waals surface area contributed by atoms with Gasteiger partial charge in [-0.25, -0.2) is 4.79 Å². The minimum atomic E-state index is -0.432. The number of likely N-dealkylation sites (N-methyl/N-ethyl adjacent to an activating group) is 1. The lowest BCUT2D eigenvalue weighted by molar-refractivity contribution is -0.119. The monoisotopic (exact) mass is 237 g/mol. The van der Waals surface area contributed by atoms with E-state index in [1.807, 2.05) is 0 Å². The Hall–Kier alpha value is -2.24. The van der Waals surface area contributed by atoms with Crippen LogP contribution in [0, 0.1) is 0 Å². The van der Waals surface area contributed by atoms with Crippen molar-refractivity contribution in [3.8, 4) is 5.75 Å². The molecule has 0 saturated heterocycles. The summed E-state index contributed by atoms with van der Waals surface area (Å²) in [6, 6.07) is 6.44. The predicted octanol–water partition coefficient (Wildman–Crippen LogP) is 0.563. The van der Waals surface area contributed by atoms with Crippen molar-refractivity contribution < 1.29 is 14.3 Å². The number of rotatable bonds is 4. The molecule has 1 aromatic rings. The molecule has 3 N–H and O–H groups in total. The minimum Gasteiger partial charge on any atom is -0.497 e. The molecule has 0 aliphatic heterocycles. The summed E-state index contributed by atoms with van der Waals surface area (Å²) in [5.74, 6) is 0.455. The van der Waals surface area contributed by atoms with E-state index in [-0.39, 0.29) is 12.5 Å². The molecule has 6 heteroatoms. The number of ether oxygens (including phenoxy) is 1. The van der Waals surface area contributed by atoms with E-state index in [1.165, 1.54) is 7.05 Å². The van der Waals surface area contributed by atoms with Gasteiger partial charge in [0.2, 0.25) is 5.91 Å². The van der Waals surface area contributed by atoms with Gasteiger partial charge in [-0.05, 0) is 24.3 Å². The number of carbonyl (C=O) groups is 2. The summed E-state index contributed by atoms with van der Waals surface area (Å²) >= 11 is 0. The van der Waals surface area contributed by atoms with Crippen molar-refractivity contribution in [2.24, 2.45) is 0 Å². The number of benzene rings is 1. The summed E-state index contributed by atoms with van der Waals surface area (Å²) in [5, 5.41) is 7.41. The first-order valence-electron chi connectivity index (χ1n) is 5.05. The number of methoxy groups -OCH3 is 1. The number of nitrogens with one attached hydrogen (secondary N) is 3. The molecule has 0 spiro atoms. The maximum absolute atomic E-state index is 11.4. The topological polar surface area (TPSA) is 79.5 Å². The fourth-order valence-electron chi connectivity index (χ4n) is 1.10. The van der Waals surface area contributed by atoms with E-state index in [4.69, 9.17) is 4.74 Å². The van der Waals surface area contributed by atoms with Crippen LogP contribution in [0.1, 0.15) is 0 Å². The van der Waals surface area contributed by atoms with Crippen LogP contribution in [0.2, 0.25) is 0 Å². The number of carbonyl (C=O) groups excluding carboxylic acids is 2. The van der Waals surface area contributed by atoms with Gasteiger partial charge in [-0.1, -0.05) is 0 Å². The van der Waals surface area contributed by atoms with Crippen LogP contribution in [-0.4, -0.2) is 32.6 Å². The van der Waals surface area contributed by atoms with Crippen molar-refractivity contribution in [2.45, 2.75) is 0 Å². The van der Waals surface area contributed by atoms with Crippen LogP contribution in [-0.2, 0) is 4.79 Å². The zero-order valence-electron chi connectivity index (χ0n) is 9.74. The minimum absolute atomic E-state index is 0.0571. The summed E-state index contributed by atoms with van der Waals surface area (Å²) < 4.78 is 4.99. The molecule has 0 saturated carbocycles. The summed E-state index contributed by atoms with van der Waals surface area (Å²) in [7, 11) is 3.07. The Kier molecular flexibility index (Phi) is 4.80. The van der Waals surface area contributed by atoms with Crippen molar-refractivity contribution in [2.75, 3.05) is 26.0 Å². The van der Waals surface area contributed by atoms with Gasteiger partial charge in [0, 0.05) is 12.7 Å². The highest BCUT2D eigenvalue weighted by Gasteiger charge is 2.03. The summed E-state index contributed by atoms with van der Waals surface area (Å²) in [6.07, 6.45) is 0. The van der Waals surface area contributed by atoms with E-state index in [1.54, 1.807) is 31.4 Å². The Morgan fingerprint density at radius 3 is 2.41 bits per heavy atom. The summed E-state index contributed by atoms with van der Waals surface area (Å²) in [5.41, 5.74) is 0.625. The molecular weight excluding hydrogens is 222 g/mol. The Labute approximate surface area is 99.3 Å². The van der Waals surface area contributed by atoms with Crippen molar-refractivity contribution in [1.29, 1.82) is 0 Å². The van der Waals surface area contributed by atoms with Gasteiger partial charge in [-0.15, -0.1) is 0 Å². The average molecular weight is 237 g/mol. The number of hydrogen-bond donors (Lipinski definition) is 3. The van der Waals surface area contributed by atoms with Crippen LogP contribution in [0.3, 0.4) is 0 Å². The molecule has 3 amide bonds. The first-order chi connectivity index (χ1) is 8.15. The lowest BCUT2D eigenvalue weighted by Gasteiger charge is -2.07. The number of urea groups is 1. The van der Waals surface area contributed by atoms with E-state index < -0.39 is 6.03 Å². The third-order valence-electron chi connectivity index (χ3n) is 2.04. The molecule has 0 fully saturated rings. The van der Waals surface area contributed by atoms with Crippen LogP contribution >= 0.6 is 0 Å². The predicted molar refractivity (Wildman–Crippen MR) is 64.1 cm³/mol. The van der Waals surface area contributed by atoms with Crippen LogP contribution in [0.25, 0.3) is 0 Å². The molecule has 0 unspecified atom stereocenters. The van der Waals surface area contributed by atoms with Gasteiger partial charge in [-0.2, -0.15) is 0 Å². The lowest BCUT2D eigenvalue weighted by atomic mass is 10.3. The maximum Gasteiger partial charge on any atom is 0.319 e. The van der Waals surface area contributed by atoms with Gasteiger partial charge in [0.15, 0.2) is 0 Å². The quantitative estimate of drug-likeness (QED) is 0.716. The zero-order valence-corrected chi connectivity index (χ0v) is 9.74. The lowest BCUT2D eigenvalue weighted by Crippen LogP contribution is -2.37. The largest absolute Gasteiger partial charge is 0.497 e. The van der Waals surface area contributed by atoms with Gasteiger partial charge in [0.05, 0.1) is 13.7 Å². The summed E-state index contributed by atoms with van der Waals surface area (Å²) in [4.78, 5) is 22.2. The molecule has 0 heterocycles. The molecule has 0 atom stereocenters. The first kappa shape index (κ1) is 12.8. The van der Waals surface area contributed by atoms with Crippen LogP contribution in [0.5, 0.6) is 5.75 Å². The number of amides is 3. The van der Waals surface area contributed by atoms with Crippen LogP contribution in [0.15, 0.2) is 24.3 Å². The van der Waals surface area contributed by atoms with E-state index in [2.05, 4.69) is 16.0 Å². The second kappa shape index (κ2) is 6.37. The molecule has 0 aliphatic rings. The Bertz CT molecular complexity index is 389.